The van der Waals surface area contributed by atoms with Gasteiger partial charge in [-0.3, -0.25) is 19.3 Å². The predicted octanol–water partition coefficient (Wildman–Crippen LogP) is 1.80. The summed E-state index contributed by atoms with van der Waals surface area (Å²) < 4.78 is 22.7. The van der Waals surface area contributed by atoms with Gasteiger partial charge in [0, 0.05) is 10.4 Å². The van der Waals surface area contributed by atoms with Crippen molar-refractivity contribution in [3.63, 3.8) is 0 Å². The zero-order valence-corrected chi connectivity index (χ0v) is 15.6. The molecule has 2 aliphatic heterocycles. The van der Waals surface area contributed by atoms with E-state index in [2.05, 4.69) is 5.32 Å². The van der Waals surface area contributed by atoms with Gasteiger partial charge in [-0.2, -0.15) is 0 Å². The molecule has 1 aromatic rings. The third-order valence-electron chi connectivity index (χ3n) is 3.60. The Morgan fingerprint density at radius 2 is 2.15 bits per heavy atom. The van der Waals surface area contributed by atoms with Gasteiger partial charge < -0.3 is 5.32 Å². The standard InChI is InChI=1S/C16H13ClN2O5S2/c17-11-3-1-2-10(6-11)7-13-15(21)19(16(22)25-13)8-14(20)18-12-4-5-26(23,24)9-12/h1-7,12H,8-9H2,(H,18,20)/b13-7-/t12-/m0/s1. The summed E-state index contributed by atoms with van der Waals surface area (Å²) in [5.41, 5.74) is 0.661. The zero-order valence-electron chi connectivity index (χ0n) is 13.2. The van der Waals surface area contributed by atoms with Crippen molar-refractivity contribution >= 4 is 56.3 Å². The Balaban J connectivity index is 1.66. The van der Waals surface area contributed by atoms with Gasteiger partial charge in [0.1, 0.15) is 6.54 Å². The molecule has 0 unspecified atom stereocenters. The molecule has 1 saturated heterocycles. The van der Waals surface area contributed by atoms with Crippen molar-refractivity contribution in [1.29, 1.82) is 0 Å². The van der Waals surface area contributed by atoms with Gasteiger partial charge in [-0.05, 0) is 41.6 Å². The van der Waals surface area contributed by atoms with Gasteiger partial charge in [0.15, 0.2) is 9.84 Å². The maximum Gasteiger partial charge on any atom is 0.294 e. The molecule has 1 atom stereocenters. The van der Waals surface area contributed by atoms with Crippen molar-refractivity contribution < 1.29 is 22.8 Å². The van der Waals surface area contributed by atoms with E-state index < -0.39 is 39.5 Å². The number of hydrogen-bond acceptors (Lipinski definition) is 6. The summed E-state index contributed by atoms with van der Waals surface area (Å²) in [4.78, 5) is 37.5. The fourth-order valence-corrected chi connectivity index (χ4v) is 4.72. The smallest absolute Gasteiger partial charge is 0.294 e. The Labute approximate surface area is 159 Å². The molecular weight excluding hydrogens is 400 g/mol. The maximum absolute atomic E-state index is 12.4. The van der Waals surface area contributed by atoms with Crippen LogP contribution < -0.4 is 5.32 Å². The van der Waals surface area contributed by atoms with Crippen LogP contribution in [0.2, 0.25) is 5.02 Å². The number of amides is 3. The molecule has 0 aromatic heterocycles. The lowest BCUT2D eigenvalue weighted by Gasteiger charge is -2.14. The van der Waals surface area contributed by atoms with Gasteiger partial charge in [0.05, 0.1) is 16.7 Å². The maximum atomic E-state index is 12.4. The molecule has 2 heterocycles. The molecule has 1 aromatic carbocycles. The highest BCUT2D eigenvalue weighted by Crippen LogP contribution is 2.32. The second-order valence-corrected chi connectivity index (χ2v) is 9.02. The Morgan fingerprint density at radius 1 is 1.38 bits per heavy atom. The lowest BCUT2D eigenvalue weighted by molar-refractivity contribution is -0.129. The van der Waals surface area contributed by atoms with Crippen molar-refractivity contribution in [3.8, 4) is 0 Å². The summed E-state index contributed by atoms with van der Waals surface area (Å²) in [6, 6.07) is 6.13. The van der Waals surface area contributed by atoms with Crippen LogP contribution in [0.15, 0.2) is 40.7 Å². The lowest BCUT2D eigenvalue weighted by Crippen LogP contribution is -2.43. The van der Waals surface area contributed by atoms with Gasteiger partial charge in [0.2, 0.25) is 5.91 Å². The molecule has 3 rings (SSSR count). The van der Waals surface area contributed by atoms with Crippen LogP contribution in [0.4, 0.5) is 4.79 Å². The third kappa shape index (κ3) is 4.35. The number of rotatable bonds is 4. The average Bonchev–Trinajstić information content (AvgIpc) is 3.01. The first-order chi connectivity index (χ1) is 12.2. The zero-order chi connectivity index (χ0) is 18.9. The van der Waals surface area contributed by atoms with Gasteiger partial charge in [-0.15, -0.1) is 0 Å². The fraction of sp³-hybridized carbons (Fsp3) is 0.188. The van der Waals surface area contributed by atoms with E-state index in [-0.39, 0.29) is 10.7 Å². The predicted molar refractivity (Wildman–Crippen MR) is 99.0 cm³/mol. The van der Waals surface area contributed by atoms with E-state index in [1.54, 1.807) is 24.3 Å². The van der Waals surface area contributed by atoms with Gasteiger partial charge in [0.25, 0.3) is 11.1 Å². The van der Waals surface area contributed by atoms with Crippen LogP contribution in [0.1, 0.15) is 5.56 Å². The second-order valence-electron chi connectivity index (χ2n) is 5.65. The van der Waals surface area contributed by atoms with Crippen LogP contribution in [0.5, 0.6) is 0 Å². The first kappa shape index (κ1) is 18.7. The quantitative estimate of drug-likeness (QED) is 0.757. The number of nitrogens with zero attached hydrogens (tertiary/aromatic N) is 1. The minimum atomic E-state index is -3.30. The molecule has 0 radical (unpaired) electrons. The Bertz CT molecular complexity index is 955. The number of nitrogens with one attached hydrogen (secondary N) is 1. The van der Waals surface area contributed by atoms with E-state index in [9.17, 15) is 22.8 Å². The Morgan fingerprint density at radius 3 is 2.81 bits per heavy atom. The van der Waals surface area contributed by atoms with Gasteiger partial charge >= 0.3 is 0 Å². The molecule has 0 saturated carbocycles. The molecule has 26 heavy (non-hydrogen) atoms. The van der Waals surface area contributed by atoms with Crippen molar-refractivity contribution in [3.05, 3.63) is 51.2 Å². The van der Waals surface area contributed by atoms with Crippen LogP contribution in [-0.4, -0.2) is 48.7 Å². The van der Waals surface area contributed by atoms with Gasteiger partial charge in [-0.1, -0.05) is 23.7 Å². The SMILES string of the molecule is O=C(CN1C(=O)S/C(=C\c2cccc(Cl)c2)C1=O)N[C@H]1C=CS(=O)(=O)C1. The number of hydrogen-bond donors (Lipinski definition) is 1. The second kappa shape index (κ2) is 7.26. The molecule has 0 spiro atoms. The number of thioether (sulfide) groups is 1. The van der Waals surface area contributed by atoms with Crippen LogP contribution in [0.3, 0.4) is 0 Å². The summed E-state index contributed by atoms with van der Waals surface area (Å²) in [6.45, 7) is -0.470. The summed E-state index contributed by atoms with van der Waals surface area (Å²) in [5.74, 6) is -1.41. The summed E-state index contributed by atoms with van der Waals surface area (Å²) in [5, 5.41) is 3.45. The first-order valence-corrected chi connectivity index (χ1v) is 10.4. The number of sulfone groups is 1. The monoisotopic (exact) mass is 412 g/mol. The molecule has 1 fully saturated rings. The highest BCUT2D eigenvalue weighted by Gasteiger charge is 2.36. The highest BCUT2D eigenvalue weighted by molar-refractivity contribution is 8.18. The van der Waals surface area contributed by atoms with Crippen LogP contribution in [0, 0.1) is 0 Å². The number of benzene rings is 1. The minimum absolute atomic E-state index is 0.188. The van der Waals surface area contributed by atoms with E-state index in [4.69, 9.17) is 11.6 Å². The minimum Gasteiger partial charge on any atom is -0.347 e. The topological polar surface area (TPSA) is 101 Å². The van der Waals surface area contributed by atoms with E-state index in [0.29, 0.717) is 10.6 Å². The lowest BCUT2D eigenvalue weighted by atomic mass is 10.2. The Hall–Kier alpha value is -2.10. The van der Waals surface area contributed by atoms with E-state index in [0.717, 1.165) is 22.1 Å². The molecule has 0 aliphatic carbocycles. The van der Waals surface area contributed by atoms with E-state index in [1.807, 2.05) is 0 Å². The number of carbonyl (C=O) groups is 3. The number of carbonyl (C=O) groups excluding carboxylic acids is 3. The molecule has 10 heteroatoms. The highest BCUT2D eigenvalue weighted by atomic mass is 35.5. The molecule has 136 valence electrons. The van der Waals surface area contributed by atoms with E-state index >= 15 is 0 Å². The van der Waals surface area contributed by atoms with Crippen molar-refractivity contribution in [2.75, 3.05) is 12.3 Å². The molecule has 0 bridgehead atoms. The third-order valence-corrected chi connectivity index (χ3v) is 6.14. The van der Waals surface area contributed by atoms with E-state index in [1.165, 1.54) is 12.2 Å². The largest absolute Gasteiger partial charge is 0.347 e. The molecule has 7 nitrogen and oxygen atoms in total. The fourth-order valence-electron chi connectivity index (χ4n) is 2.45. The number of imide groups is 1. The van der Waals surface area contributed by atoms with Crippen molar-refractivity contribution in [1.82, 2.24) is 10.2 Å². The van der Waals surface area contributed by atoms with Crippen molar-refractivity contribution in [2.45, 2.75) is 6.04 Å². The molecule has 1 N–H and O–H groups in total. The van der Waals surface area contributed by atoms with Crippen LogP contribution in [-0.2, 0) is 19.4 Å². The number of halogens is 1. The summed E-state index contributed by atoms with van der Waals surface area (Å²) in [7, 11) is -3.30. The molecule has 3 amide bonds. The normalized spacial score (nSPS) is 23.0. The molecular formula is C16H13ClN2O5S2. The van der Waals surface area contributed by atoms with Crippen LogP contribution >= 0.6 is 23.4 Å². The summed E-state index contributed by atoms with van der Waals surface area (Å²) in [6.07, 6.45) is 2.89. The average molecular weight is 413 g/mol. The molecule has 2 aliphatic rings. The van der Waals surface area contributed by atoms with Crippen molar-refractivity contribution in [2.24, 2.45) is 0 Å². The first-order valence-electron chi connectivity index (χ1n) is 7.45. The van der Waals surface area contributed by atoms with Crippen LogP contribution in [0.25, 0.3) is 6.08 Å². The Kier molecular flexibility index (Phi) is 5.22. The summed E-state index contributed by atoms with van der Waals surface area (Å²) >= 11 is 6.63. The van der Waals surface area contributed by atoms with Gasteiger partial charge in [-0.25, -0.2) is 8.42 Å².